The fourth-order valence-electron chi connectivity index (χ4n) is 1.67. The van der Waals surface area contributed by atoms with Crippen LogP contribution in [0.4, 0.5) is 0 Å². The van der Waals surface area contributed by atoms with Crippen LogP contribution in [0.2, 0.25) is 0 Å². The van der Waals surface area contributed by atoms with Crippen LogP contribution in [0.15, 0.2) is 23.1 Å². The van der Waals surface area contributed by atoms with Crippen LogP contribution in [-0.2, 0) is 0 Å². The van der Waals surface area contributed by atoms with Gasteiger partial charge in [-0.25, -0.2) is 0 Å². The summed E-state index contributed by atoms with van der Waals surface area (Å²) in [6.07, 6.45) is -0.613. The lowest BCUT2D eigenvalue weighted by Crippen LogP contribution is -2.36. The van der Waals surface area contributed by atoms with Crippen LogP contribution in [0.3, 0.4) is 0 Å². The number of aromatic hydroxyl groups is 1. The molecule has 0 aliphatic carbocycles. The summed E-state index contributed by atoms with van der Waals surface area (Å²) in [7, 11) is 1.82. The molecule has 0 saturated carbocycles. The molecule has 0 amide bonds. The average Bonchev–Trinajstić information content (AvgIpc) is 2.18. The van der Waals surface area contributed by atoms with E-state index in [1.54, 1.807) is 23.9 Å². The molecule has 1 aliphatic heterocycles. The first-order valence-corrected chi connectivity index (χ1v) is 5.52. The van der Waals surface area contributed by atoms with Crippen molar-refractivity contribution in [3.05, 3.63) is 23.8 Å². The van der Waals surface area contributed by atoms with E-state index in [9.17, 15) is 10.2 Å². The summed E-state index contributed by atoms with van der Waals surface area (Å²) in [5.74, 6) is 1.01. The zero-order valence-corrected chi connectivity index (χ0v) is 8.71. The zero-order chi connectivity index (χ0) is 10.1. The topological polar surface area (TPSA) is 52.5 Å². The smallest absolute Gasteiger partial charge is 0.122 e. The molecular weight excluding hydrogens is 198 g/mol. The quantitative estimate of drug-likeness (QED) is 0.651. The van der Waals surface area contributed by atoms with Crippen molar-refractivity contribution in [2.75, 3.05) is 12.8 Å². The van der Waals surface area contributed by atoms with Crippen LogP contribution in [0.25, 0.3) is 0 Å². The van der Waals surface area contributed by atoms with Crippen molar-refractivity contribution < 1.29 is 10.2 Å². The van der Waals surface area contributed by atoms with Gasteiger partial charge in [-0.15, -0.1) is 11.8 Å². The number of likely N-dealkylation sites (N-methyl/N-ethyl adjacent to an activating group) is 1. The third-order valence-corrected chi connectivity index (χ3v) is 3.70. The Morgan fingerprint density at radius 2 is 2.29 bits per heavy atom. The third kappa shape index (κ3) is 1.49. The number of hydrogen-bond donors (Lipinski definition) is 3. The summed E-state index contributed by atoms with van der Waals surface area (Å²) >= 11 is 1.66. The molecule has 3 N–H and O–H groups in total. The number of phenolic OH excluding ortho intramolecular Hbond substituents is 1. The molecule has 1 aromatic rings. The van der Waals surface area contributed by atoms with E-state index in [-0.39, 0.29) is 11.8 Å². The van der Waals surface area contributed by atoms with Crippen LogP contribution < -0.4 is 5.32 Å². The first-order chi connectivity index (χ1) is 6.74. The van der Waals surface area contributed by atoms with E-state index in [1.807, 2.05) is 13.1 Å². The Morgan fingerprint density at radius 3 is 3.00 bits per heavy atom. The van der Waals surface area contributed by atoms with Gasteiger partial charge in [0.05, 0.1) is 6.10 Å². The van der Waals surface area contributed by atoms with Crippen molar-refractivity contribution in [1.29, 1.82) is 0 Å². The van der Waals surface area contributed by atoms with Crippen LogP contribution in [0.5, 0.6) is 5.75 Å². The lowest BCUT2D eigenvalue weighted by atomic mass is 10.0. The van der Waals surface area contributed by atoms with E-state index in [4.69, 9.17) is 0 Å². The second-order valence-corrected chi connectivity index (χ2v) is 4.40. The van der Waals surface area contributed by atoms with Gasteiger partial charge in [-0.1, -0.05) is 6.07 Å². The molecule has 1 aromatic carbocycles. The monoisotopic (exact) mass is 211 g/mol. The van der Waals surface area contributed by atoms with E-state index in [2.05, 4.69) is 5.32 Å². The molecule has 1 aliphatic rings. The standard InChI is InChI=1S/C10H13NO2S/c1-11-6-5-14-8-4-2-3-7(12)9(8)10(6)13/h2-4,6,10-13H,5H2,1H3. The highest BCUT2D eigenvalue weighted by atomic mass is 32.2. The number of fused-ring (bicyclic) bond motifs is 1. The maximum Gasteiger partial charge on any atom is 0.122 e. The molecule has 2 atom stereocenters. The summed E-state index contributed by atoms with van der Waals surface area (Å²) in [5, 5.41) is 22.6. The molecule has 0 fully saturated rings. The molecule has 0 saturated heterocycles. The van der Waals surface area contributed by atoms with Crippen molar-refractivity contribution in [2.45, 2.75) is 17.0 Å². The Morgan fingerprint density at radius 1 is 1.50 bits per heavy atom. The maximum atomic E-state index is 9.97. The third-order valence-electron chi connectivity index (χ3n) is 2.51. The van der Waals surface area contributed by atoms with Gasteiger partial charge in [-0.2, -0.15) is 0 Å². The predicted octanol–water partition coefficient (Wildman–Crippen LogP) is 1.12. The molecule has 0 bridgehead atoms. The van der Waals surface area contributed by atoms with Crippen molar-refractivity contribution in [3.8, 4) is 5.75 Å². The van der Waals surface area contributed by atoms with Gasteiger partial charge >= 0.3 is 0 Å². The molecule has 0 spiro atoms. The number of aliphatic hydroxyl groups is 1. The fraction of sp³-hybridized carbons (Fsp3) is 0.400. The first-order valence-electron chi connectivity index (χ1n) is 4.54. The van der Waals surface area contributed by atoms with Crippen molar-refractivity contribution in [1.82, 2.24) is 5.32 Å². The van der Waals surface area contributed by atoms with Crippen molar-refractivity contribution >= 4 is 11.8 Å². The summed E-state index contributed by atoms with van der Waals surface area (Å²) in [5.41, 5.74) is 0.656. The molecule has 0 aromatic heterocycles. The van der Waals surface area contributed by atoms with Gasteiger partial charge < -0.3 is 15.5 Å². The predicted molar refractivity (Wildman–Crippen MR) is 56.6 cm³/mol. The number of phenols is 1. The number of benzene rings is 1. The van der Waals surface area contributed by atoms with Crippen LogP contribution in [0, 0.1) is 0 Å². The van der Waals surface area contributed by atoms with E-state index in [0.29, 0.717) is 5.56 Å². The molecule has 0 radical (unpaired) electrons. The highest BCUT2D eigenvalue weighted by Crippen LogP contribution is 2.40. The lowest BCUT2D eigenvalue weighted by Gasteiger charge is -2.29. The van der Waals surface area contributed by atoms with Crippen LogP contribution in [-0.4, -0.2) is 29.1 Å². The van der Waals surface area contributed by atoms with Gasteiger partial charge in [-0.05, 0) is 19.2 Å². The molecule has 4 heteroatoms. The summed E-state index contributed by atoms with van der Waals surface area (Å²) < 4.78 is 0. The SMILES string of the molecule is CNC1CSc2cccc(O)c2C1O. The molecule has 1 heterocycles. The second-order valence-electron chi connectivity index (χ2n) is 3.34. The maximum absolute atomic E-state index is 9.97. The number of rotatable bonds is 1. The minimum Gasteiger partial charge on any atom is -0.508 e. The van der Waals surface area contributed by atoms with Crippen molar-refractivity contribution in [2.24, 2.45) is 0 Å². The molecule has 2 unspecified atom stereocenters. The minimum absolute atomic E-state index is 0.0146. The van der Waals surface area contributed by atoms with E-state index in [1.165, 1.54) is 0 Å². The van der Waals surface area contributed by atoms with E-state index >= 15 is 0 Å². The molecule has 14 heavy (non-hydrogen) atoms. The summed E-state index contributed by atoms with van der Waals surface area (Å²) in [6, 6.07) is 5.35. The van der Waals surface area contributed by atoms with Gasteiger partial charge in [0, 0.05) is 22.3 Å². The number of thioether (sulfide) groups is 1. The van der Waals surface area contributed by atoms with E-state index < -0.39 is 6.10 Å². The number of nitrogens with one attached hydrogen (secondary N) is 1. The Labute approximate surface area is 87.1 Å². The van der Waals surface area contributed by atoms with Gasteiger partial charge in [-0.3, -0.25) is 0 Å². The van der Waals surface area contributed by atoms with Gasteiger partial charge in [0.2, 0.25) is 0 Å². The zero-order valence-electron chi connectivity index (χ0n) is 7.90. The number of hydrogen-bond acceptors (Lipinski definition) is 4. The molecule has 76 valence electrons. The van der Waals surface area contributed by atoms with Gasteiger partial charge in [0.15, 0.2) is 0 Å². The molecule has 3 nitrogen and oxygen atoms in total. The van der Waals surface area contributed by atoms with Crippen LogP contribution >= 0.6 is 11.8 Å². The van der Waals surface area contributed by atoms with Gasteiger partial charge in [0.25, 0.3) is 0 Å². The Kier molecular flexibility index (Phi) is 2.67. The largest absolute Gasteiger partial charge is 0.508 e. The van der Waals surface area contributed by atoms with E-state index in [0.717, 1.165) is 10.6 Å². The average molecular weight is 211 g/mol. The second kappa shape index (κ2) is 3.81. The normalized spacial score (nSPS) is 25.9. The summed E-state index contributed by atoms with van der Waals surface area (Å²) in [4.78, 5) is 0.976. The van der Waals surface area contributed by atoms with Crippen LogP contribution in [0.1, 0.15) is 11.7 Å². The molecular formula is C10H13NO2S. The highest BCUT2D eigenvalue weighted by Gasteiger charge is 2.29. The van der Waals surface area contributed by atoms with Gasteiger partial charge in [0.1, 0.15) is 5.75 Å². The summed E-state index contributed by atoms with van der Waals surface area (Å²) in [6.45, 7) is 0. The fourth-order valence-corrected chi connectivity index (χ4v) is 2.93. The Balaban J connectivity index is 2.43. The minimum atomic E-state index is -0.613. The lowest BCUT2D eigenvalue weighted by molar-refractivity contribution is 0.133. The highest BCUT2D eigenvalue weighted by molar-refractivity contribution is 7.99. The number of aliphatic hydroxyl groups excluding tert-OH is 1. The first kappa shape index (κ1) is 9.83. The Bertz CT molecular complexity index is 343. The van der Waals surface area contributed by atoms with Crippen molar-refractivity contribution in [3.63, 3.8) is 0 Å². The molecule has 2 rings (SSSR count). The Hall–Kier alpha value is -0.710.